The van der Waals surface area contributed by atoms with Gasteiger partial charge in [0.2, 0.25) is 0 Å². The van der Waals surface area contributed by atoms with Crippen molar-refractivity contribution in [2.75, 3.05) is 18.5 Å². The van der Waals surface area contributed by atoms with Crippen LogP contribution in [0, 0.1) is 0 Å². The van der Waals surface area contributed by atoms with E-state index < -0.39 is 0 Å². The summed E-state index contributed by atoms with van der Waals surface area (Å²) in [6, 6.07) is 11.1. The third-order valence-corrected chi connectivity index (χ3v) is 3.69. The average molecular weight is 329 g/mol. The minimum Gasteiger partial charge on any atom is -0.394 e. The van der Waals surface area contributed by atoms with Crippen molar-refractivity contribution < 1.29 is 5.11 Å². The van der Waals surface area contributed by atoms with Crippen LogP contribution >= 0.6 is 11.6 Å². The molecule has 0 bridgehead atoms. The molecule has 2 heterocycles. The third kappa shape index (κ3) is 3.57. The van der Waals surface area contributed by atoms with Crippen LogP contribution in [-0.2, 0) is 0 Å². The number of benzodiazepines with no additional fused rings is 1. The van der Waals surface area contributed by atoms with Gasteiger partial charge in [-0.15, -0.1) is 0 Å². The van der Waals surface area contributed by atoms with E-state index in [1.54, 1.807) is 6.20 Å². The molecule has 118 valence electrons. The zero-order valence-corrected chi connectivity index (χ0v) is 13.5. The van der Waals surface area contributed by atoms with Crippen molar-refractivity contribution >= 4 is 28.8 Å². The Labute approximate surface area is 139 Å². The number of aliphatic hydroxyl groups is 1. The lowest BCUT2D eigenvalue weighted by Gasteiger charge is -2.11. The molecular formula is C17H17ClN4O. The predicted octanol–water partition coefficient (Wildman–Crippen LogP) is 2.78. The van der Waals surface area contributed by atoms with Gasteiger partial charge < -0.3 is 10.4 Å². The topological polar surface area (TPSA) is 69.9 Å². The van der Waals surface area contributed by atoms with E-state index in [9.17, 15) is 5.11 Å². The van der Waals surface area contributed by atoms with Gasteiger partial charge in [-0.2, -0.15) is 0 Å². The Morgan fingerprint density at radius 1 is 1.35 bits per heavy atom. The highest BCUT2D eigenvalue weighted by atomic mass is 35.5. The van der Waals surface area contributed by atoms with Crippen LogP contribution in [0.5, 0.6) is 0 Å². The third-order valence-electron chi connectivity index (χ3n) is 3.45. The monoisotopic (exact) mass is 328 g/mol. The van der Waals surface area contributed by atoms with Gasteiger partial charge in [0.25, 0.3) is 0 Å². The lowest BCUT2D eigenvalue weighted by molar-refractivity contribution is 0.274. The molecule has 2 aromatic rings. The number of nitrogens with one attached hydrogen (secondary N) is 1. The summed E-state index contributed by atoms with van der Waals surface area (Å²) in [5.41, 5.74) is 3.32. The largest absolute Gasteiger partial charge is 0.394 e. The lowest BCUT2D eigenvalue weighted by Crippen LogP contribution is -2.19. The number of amidine groups is 1. The number of anilines is 1. The number of nitrogens with zero attached hydrogens (tertiary/aromatic N) is 3. The summed E-state index contributed by atoms with van der Waals surface area (Å²) in [7, 11) is 0. The minimum atomic E-state index is -0.181. The summed E-state index contributed by atoms with van der Waals surface area (Å²) in [5.74, 6) is 0.709. The Kier molecular flexibility index (Phi) is 4.69. The van der Waals surface area contributed by atoms with E-state index in [2.05, 4.69) is 20.3 Å². The molecule has 0 spiro atoms. The van der Waals surface area contributed by atoms with Crippen molar-refractivity contribution in [2.45, 2.75) is 13.0 Å². The number of hydrogen-bond donors (Lipinski definition) is 2. The van der Waals surface area contributed by atoms with Gasteiger partial charge in [-0.3, -0.25) is 15.0 Å². The molecular weight excluding hydrogens is 312 g/mol. The van der Waals surface area contributed by atoms with Crippen molar-refractivity contribution in [1.29, 1.82) is 0 Å². The van der Waals surface area contributed by atoms with Gasteiger partial charge in [-0.25, -0.2) is 0 Å². The molecule has 1 atom stereocenters. The van der Waals surface area contributed by atoms with Crippen LogP contribution in [0.15, 0.2) is 52.6 Å². The van der Waals surface area contributed by atoms with E-state index in [4.69, 9.17) is 11.6 Å². The van der Waals surface area contributed by atoms with Crippen LogP contribution in [-0.4, -0.2) is 40.8 Å². The van der Waals surface area contributed by atoms with E-state index in [0.29, 0.717) is 17.4 Å². The van der Waals surface area contributed by atoms with E-state index in [-0.39, 0.29) is 12.6 Å². The number of hydrogen-bond acceptors (Lipinski definition) is 4. The molecule has 1 aliphatic rings. The van der Waals surface area contributed by atoms with Crippen LogP contribution in [0.1, 0.15) is 18.2 Å². The number of aliphatic imine (C=N–C) groups is 2. The van der Waals surface area contributed by atoms with E-state index >= 15 is 0 Å². The Hall–Kier alpha value is -2.24. The number of rotatable bonds is 3. The lowest BCUT2D eigenvalue weighted by atomic mass is 10.0. The van der Waals surface area contributed by atoms with Gasteiger partial charge >= 0.3 is 0 Å². The standard InChI is InChI=1S/C17H17ClN4O/c1-11(10-23)21-16-9-20-17(15-4-2-3-7-19-15)13-8-12(18)5-6-14(13)22-16/h2-8,11,23H,9-10H2,1H3,(H,21,22). The number of aliphatic hydroxyl groups excluding tert-OH is 1. The number of pyridine rings is 1. The highest BCUT2D eigenvalue weighted by Crippen LogP contribution is 2.25. The molecule has 1 unspecified atom stereocenters. The van der Waals surface area contributed by atoms with Gasteiger partial charge in [0.15, 0.2) is 0 Å². The predicted molar refractivity (Wildman–Crippen MR) is 93.8 cm³/mol. The second-order valence-electron chi connectivity index (χ2n) is 5.30. The Morgan fingerprint density at radius 2 is 2.22 bits per heavy atom. The van der Waals surface area contributed by atoms with Crippen molar-refractivity contribution in [3.05, 3.63) is 58.9 Å². The average Bonchev–Trinajstić information content (AvgIpc) is 2.74. The number of aromatic nitrogens is 1. The van der Waals surface area contributed by atoms with Gasteiger partial charge in [-0.1, -0.05) is 17.7 Å². The van der Waals surface area contributed by atoms with Gasteiger partial charge in [0.05, 0.1) is 30.6 Å². The first-order valence-electron chi connectivity index (χ1n) is 7.37. The maximum atomic E-state index is 9.20. The fraction of sp³-hybridized carbons (Fsp3) is 0.235. The van der Waals surface area contributed by atoms with Crippen LogP contribution in [0.4, 0.5) is 5.69 Å². The van der Waals surface area contributed by atoms with Crippen LogP contribution in [0.25, 0.3) is 0 Å². The van der Waals surface area contributed by atoms with Crippen LogP contribution < -0.4 is 5.32 Å². The fourth-order valence-corrected chi connectivity index (χ4v) is 2.53. The highest BCUT2D eigenvalue weighted by Gasteiger charge is 2.18. The van der Waals surface area contributed by atoms with Crippen LogP contribution in [0.2, 0.25) is 5.02 Å². The number of fused-ring (bicyclic) bond motifs is 1. The first kappa shape index (κ1) is 15.6. The first-order chi connectivity index (χ1) is 11.2. The molecule has 0 fully saturated rings. The van der Waals surface area contributed by atoms with Crippen molar-refractivity contribution in [3.63, 3.8) is 0 Å². The van der Waals surface area contributed by atoms with Crippen molar-refractivity contribution in [3.8, 4) is 0 Å². The summed E-state index contributed by atoms with van der Waals surface area (Å²) in [5, 5.41) is 13.1. The number of halogens is 1. The molecule has 1 aliphatic heterocycles. The Balaban J connectivity index is 2.09. The zero-order valence-electron chi connectivity index (χ0n) is 12.7. The molecule has 1 aromatic carbocycles. The van der Waals surface area contributed by atoms with Gasteiger partial charge in [0, 0.05) is 22.5 Å². The molecule has 0 amide bonds. The van der Waals surface area contributed by atoms with E-state index in [1.165, 1.54) is 0 Å². The molecule has 0 saturated heterocycles. The molecule has 23 heavy (non-hydrogen) atoms. The maximum absolute atomic E-state index is 9.20. The molecule has 1 aromatic heterocycles. The Bertz CT molecular complexity index is 758. The minimum absolute atomic E-state index is 0.00450. The number of benzene rings is 1. The normalized spacial score (nSPS) is 17.0. The molecule has 6 heteroatoms. The summed E-state index contributed by atoms with van der Waals surface area (Å²) in [4.78, 5) is 13.5. The summed E-state index contributed by atoms with van der Waals surface area (Å²) in [6.07, 6.45) is 1.74. The zero-order chi connectivity index (χ0) is 16.2. The summed E-state index contributed by atoms with van der Waals surface area (Å²) >= 11 is 6.16. The molecule has 0 saturated carbocycles. The molecule has 2 N–H and O–H groups in total. The highest BCUT2D eigenvalue weighted by molar-refractivity contribution is 6.31. The van der Waals surface area contributed by atoms with Gasteiger partial charge in [-0.05, 0) is 37.3 Å². The molecule has 0 radical (unpaired) electrons. The van der Waals surface area contributed by atoms with Crippen molar-refractivity contribution in [2.24, 2.45) is 9.98 Å². The first-order valence-corrected chi connectivity index (χ1v) is 7.75. The summed E-state index contributed by atoms with van der Waals surface area (Å²) in [6.45, 7) is 2.24. The van der Waals surface area contributed by atoms with Crippen LogP contribution in [0.3, 0.4) is 0 Å². The molecule has 3 rings (SSSR count). The second kappa shape index (κ2) is 6.89. The van der Waals surface area contributed by atoms with Crippen molar-refractivity contribution in [1.82, 2.24) is 4.98 Å². The molecule has 5 nitrogen and oxygen atoms in total. The summed E-state index contributed by atoms with van der Waals surface area (Å²) < 4.78 is 0. The van der Waals surface area contributed by atoms with E-state index in [0.717, 1.165) is 22.7 Å². The SMILES string of the molecule is CC(CO)N=C1CN=C(c2ccccn2)c2cc(Cl)ccc2N1. The molecule has 0 aliphatic carbocycles. The smallest absolute Gasteiger partial charge is 0.123 e. The van der Waals surface area contributed by atoms with E-state index in [1.807, 2.05) is 43.3 Å². The quantitative estimate of drug-likeness (QED) is 0.910. The maximum Gasteiger partial charge on any atom is 0.123 e. The van der Waals surface area contributed by atoms with Gasteiger partial charge in [0.1, 0.15) is 5.84 Å². The second-order valence-corrected chi connectivity index (χ2v) is 5.74. The Morgan fingerprint density at radius 3 is 2.96 bits per heavy atom. The fourth-order valence-electron chi connectivity index (χ4n) is 2.36.